The molecule has 0 unspecified atom stereocenters. The molecule has 0 aliphatic carbocycles. The van der Waals surface area contributed by atoms with Crippen LogP contribution in [0, 0.1) is 0 Å². The average Bonchev–Trinajstić information content (AvgIpc) is 2.41. The van der Waals surface area contributed by atoms with Crippen molar-refractivity contribution in [1.82, 2.24) is 10.3 Å². The van der Waals surface area contributed by atoms with Crippen LogP contribution in [0.4, 0.5) is 0 Å². The molecule has 0 saturated carbocycles. The van der Waals surface area contributed by atoms with Crippen LogP contribution in [0.5, 0.6) is 11.6 Å². The third-order valence-electron chi connectivity index (χ3n) is 2.27. The van der Waals surface area contributed by atoms with E-state index in [-0.39, 0.29) is 5.91 Å². The lowest BCUT2D eigenvalue weighted by atomic mass is 10.2. The highest BCUT2D eigenvalue weighted by atomic mass is 79.9. The highest BCUT2D eigenvalue weighted by molar-refractivity contribution is 9.10. The average molecular weight is 307 g/mol. The molecule has 2 aromatic rings. The Hall–Kier alpha value is -1.88. The van der Waals surface area contributed by atoms with Gasteiger partial charge in [-0.25, -0.2) is 4.98 Å². The van der Waals surface area contributed by atoms with Gasteiger partial charge in [0.1, 0.15) is 5.75 Å². The standard InChI is InChI=1S/C13H11BrN2O2/c1-15-13(17)9-2-5-11(6-3-9)18-12-7-4-10(14)8-16-12/h2-8H,1H3,(H,15,17). The second-order valence-electron chi connectivity index (χ2n) is 3.52. The lowest BCUT2D eigenvalue weighted by Crippen LogP contribution is -2.17. The Kier molecular flexibility index (Phi) is 3.94. The maximum absolute atomic E-state index is 11.4. The molecule has 0 bridgehead atoms. The van der Waals surface area contributed by atoms with Crippen molar-refractivity contribution in [2.75, 3.05) is 7.05 Å². The summed E-state index contributed by atoms with van der Waals surface area (Å²) >= 11 is 3.30. The number of benzene rings is 1. The predicted molar refractivity (Wildman–Crippen MR) is 71.8 cm³/mol. The number of amides is 1. The molecule has 1 aromatic carbocycles. The number of hydrogen-bond acceptors (Lipinski definition) is 3. The summed E-state index contributed by atoms with van der Waals surface area (Å²) in [5.74, 6) is 1.02. The Morgan fingerprint density at radius 2 is 1.94 bits per heavy atom. The van der Waals surface area contributed by atoms with Crippen LogP contribution in [0.2, 0.25) is 0 Å². The number of pyridine rings is 1. The van der Waals surface area contributed by atoms with Crippen LogP contribution in [0.1, 0.15) is 10.4 Å². The van der Waals surface area contributed by atoms with Gasteiger partial charge in [0.05, 0.1) is 0 Å². The Balaban J connectivity index is 2.10. The van der Waals surface area contributed by atoms with E-state index >= 15 is 0 Å². The molecular formula is C13H11BrN2O2. The number of carbonyl (C=O) groups excluding carboxylic acids is 1. The molecule has 0 fully saturated rings. The van der Waals surface area contributed by atoms with Crippen molar-refractivity contribution in [2.24, 2.45) is 0 Å². The van der Waals surface area contributed by atoms with E-state index < -0.39 is 0 Å². The number of halogens is 1. The van der Waals surface area contributed by atoms with E-state index in [0.29, 0.717) is 17.2 Å². The maximum Gasteiger partial charge on any atom is 0.251 e. The number of carbonyl (C=O) groups is 1. The molecule has 1 N–H and O–H groups in total. The minimum absolute atomic E-state index is 0.122. The van der Waals surface area contributed by atoms with Crippen molar-refractivity contribution in [3.05, 3.63) is 52.6 Å². The van der Waals surface area contributed by atoms with Crippen LogP contribution >= 0.6 is 15.9 Å². The summed E-state index contributed by atoms with van der Waals surface area (Å²) < 4.78 is 6.43. The number of hydrogen-bond donors (Lipinski definition) is 1. The first-order valence-electron chi connectivity index (χ1n) is 5.30. The summed E-state index contributed by atoms with van der Waals surface area (Å²) in [6, 6.07) is 10.5. The van der Waals surface area contributed by atoms with Gasteiger partial charge in [-0.05, 0) is 46.3 Å². The van der Waals surface area contributed by atoms with Gasteiger partial charge in [-0.2, -0.15) is 0 Å². The van der Waals surface area contributed by atoms with Gasteiger partial charge in [-0.1, -0.05) is 0 Å². The minimum Gasteiger partial charge on any atom is -0.439 e. The SMILES string of the molecule is CNC(=O)c1ccc(Oc2ccc(Br)cn2)cc1. The van der Waals surface area contributed by atoms with E-state index in [1.807, 2.05) is 6.07 Å². The summed E-state index contributed by atoms with van der Waals surface area (Å²) in [5, 5.41) is 2.56. The molecule has 0 spiro atoms. The maximum atomic E-state index is 11.4. The summed E-state index contributed by atoms with van der Waals surface area (Å²) in [6.07, 6.45) is 1.66. The van der Waals surface area contributed by atoms with Crippen molar-refractivity contribution >= 4 is 21.8 Å². The number of nitrogens with zero attached hydrogens (tertiary/aromatic N) is 1. The van der Waals surface area contributed by atoms with E-state index in [0.717, 1.165) is 4.47 Å². The number of nitrogens with one attached hydrogen (secondary N) is 1. The molecule has 5 heteroatoms. The molecule has 1 amide bonds. The van der Waals surface area contributed by atoms with Crippen LogP contribution in [0.25, 0.3) is 0 Å². The molecule has 18 heavy (non-hydrogen) atoms. The monoisotopic (exact) mass is 306 g/mol. The second kappa shape index (κ2) is 5.64. The Bertz CT molecular complexity index is 538. The van der Waals surface area contributed by atoms with Gasteiger partial charge in [0, 0.05) is 29.3 Å². The summed E-state index contributed by atoms with van der Waals surface area (Å²) in [6.45, 7) is 0. The van der Waals surface area contributed by atoms with Gasteiger partial charge < -0.3 is 10.1 Å². The van der Waals surface area contributed by atoms with Crippen molar-refractivity contribution in [3.8, 4) is 11.6 Å². The van der Waals surface area contributed by atoms with Crippen LogP contribution in [0.15, 0.2) is 47.1 Å². The lowest BCUT2D eigenvalue weighted by molar-refractivity contribution is 0.0963. The molecular weight excluding hydrogens is 296 g/mol. The molecule has 4 nitrogen and oxygen atoms in total. The van der Waals surface area contributed by atoms with Gasteiger partial charge in [-0.15, -0.1) is 0 Å². The number of rotatable bonds is 3. The number of ether oxygens (including phenoxy) is 1. The fraction of sp³-hybridized carbons (Fsp3) is 0.0769. The summed E-state index contributed by atoms with van der Waals surface area (Å²) in [5.41, 5.74) is 0.591. The zero-order valence-electron chi connectivity index (χ0n) is 9.68. The molecule has 1 heterocycles. The van der Waals surface area contributed by atoms with E-state index in [4.69, 9.17) is 4.74 Å². The molecule has 0 radical (unpaired) electrons. The van der Waals surface area contributed by atoms with Gasteiger partial charge >= 0.3 is 0 Å². The highest BCUT2D eigenvalue weighted by Crippen LogP contribution is 2.20. The molecule has 0 saturated heterocycles. The van der Waals surface area contributed by atoms with E-state index in [9.17, 15) is 4.79 Å². The largest absolute Gasteiger partial charge is 0.439 e. The summed E-state index contributed by atoms with van der Waals surface area (Å²) in [4.78, 5) is 15.4. The van der Waals surface area contributed by atoms with Crippen LogP contribution in [0.3, 0.4) is 0 Å². The van der Waals surface area contributed by atoms with Gasteiger partial charge in [0.25, 0.3) is 5.91 Å². The molecule has 92 valence electrons. The Morgan fingerprint density at radius 1 is 1.22 bits per heavy atom. The van der Waals surface area contributed by atoms with Crippen molar-refractivity contribution in [3.63, 3.8) is 0 Å². The van der Waals surface area contributed by atoms with Gasteiger partial charge in [0.2, 0.25) is 5.88 Å². The van der Waals surface area contributed by atoms with Crippen LogP contribution in [-0.4, -0.2) is 17.9 Å². The Labute approximate surface area is 113 Å². The van der Waals surface area contributed by atoms with Crippen molar-refractivity contribution in [1.29, 1.82) is 0 Å². The van der Waals surface area contributed by atoms with E-state index in [1.54, 1.807) is 43.6 Å². The molecule has 2 rings (SSSR count). The van der Waals surface area contributed by atoms with E-state index in [2.05, 4.69) is 26.2 Å². The fourth-order valence-corrected chi connectivity index (χ4v) is 1.60. The summed E-state index contributed by atoms with van der Waals surface area (Å²) in [7, 11) is 1.60. The first kappa shape index (κ1) is 12.6. The Morgan fingerprint density at radius 3 is 2.50 bits per heavy atom. The normalized spacial score (nSPS) is 9.89. The first-order valence-corrected chi connectivity index (χ1v) is 6.10. The highest BCUT2D eigenvalue weighted by Gasteiger charge is 2.03. The van der Waals surface area contributed by atoms with E-state index in [1.165, 1.54) is 0 Å². The zero-order chi connectivity index (χ0) is 13.0. The topological polar surface area (TPSA) is 51.2 Å². The first-order chi connectivity index (χ1) is 8.69. The lowest BCUT2D eigenvalue weighted by Gasteiger charge is -2.05. The van der Waals surface area contributed by atoms with Crippen molar-refractivity contribution < 1.29 is 9.53 Å². The predicted octanol–water partition coefficient (Wildman–Crippen LogP) is 3.00. The third-order valence-corrected chi connectivity index (χ3v) is 2.74. The fourth-order valence-electron chi connectivity index (χ4n) is 1.36. The second-order valence-corrected chi connectivity index (χ2v) is 4.44. The van der Waals surface area contributed by atoms with Gasteiger partial charge in [0.15, 0.2) is 0 Å². The zero-order valence-corrected chi connectivity index (χ0v) is 11.3. The van der Waals surface area contributed by atoms with Gasteiger partial charge in [-0.3, -0.25) is 4.79 Å². The minimum atomic E-state index is -0.122. The molecule has 0 aliphatic rings. The third kappa shape index (κ3) is 3.07. The van der Waals surface area contributed by atoms with Crippen molar-refractivity contribution in [2.45, 2.75) is 0 Å². The molecule has 1 aromatic heterocycles. The molecule has 0 atom stereocenters. The number of aromatic nitrogens is 1. The quantitative estimate of drug-likeness (QED) is 0.948. The smallest absolute Gasteiger partial charge is 0.251 e. The van der Waals surface area contributed by atoms with Crippen LogP contribution < -0.4 is 10.1 Å². The molecule has 0 aliphatic heterocycles. The van der Waals surface area contributed by atoms with Crippen LogP contribution in [-0.2, 0) is 0 Å².